The minimum Gasteiger partial charge on any atom is -0.495 e. The SMILES string of the molecule is COc1cc(C(=O)O)ccc1NS(=O)(=O)c1csc(C#Cc2cccc(Cl)c2)n1. The van der Waals surface area contributed by atoms with Crippen molar-refractivity contribution in [1.29, 1.82) is 0 Å². The van der Waals surface area contributed by atoms with Crippen LogP contribution in [0.5, 0.6) is 5.75 Å². The predicted octanol–water partition coefficient (Wildman–Crippen LogP) is 3.70. The lowest BCUT2D eigenvalue weighted by molar-refractivity contribution is 0.0696. The second-order valence-corrected chi connectivity index (χ2v) is 8.50. The van der Waals surface area contributed by atoms with Gasteiger partial charge in [0.05, 0.1) is 18.4 Å². The molecule has 29 heavy (non-hydrogen) atoms. The molecule has 1 aromatic heterocycles. The van der Waals surface area contributed by atoms with Gasteiger partial charge in [0, 0.05) is 16.0 Å². The van der Waals surface area contributed by atoms with E-state index in [0.717, 1.165) is 11.3 Å². The van der Waals surface area contributed by atoms with Crippen molar-refractivity contribution in [3.8, 4) is 17.6 Å². The van der Waals surface area contributed by atoms with E-state index < -0.39 is 16.0 Å². The van der Waals surface area contributed by atoms with Gasteiger partial charge in [-0.1, -0.05) is 23.6 Å². The molecule has 3 aromatic rings. The summed E-state index contributed by atoms with van der Waals surface area (Å²) in [6.45, 7) is 0. The van der Waals surface area contributed by atoms with Crippen LogP contribution in [0, 0.1) is 11.8 Å². The van der Waals surface area contributed by atoms with E-state index in [0.29, 0.717) is 15.6 Å². The molecule has 0 spiro atoms. The van der Waals surface area contributed by atoms with Gasteiger partial charge in [-0.15, -0.1) is 11.3 Å². The molecule has 1 heterocycles. The van der Waals surface area contributed by atoms with Crippen LogP contribution >= 0.6 is 22.9 Å². The third-order valence-electron chi connectivity index (χ3n) is 3.59. The number of carbonyl (C=O) groups is 1. The molecular weight excluding hydrogens is 436 g/mol. The highest BCUT2D eigenvalue weighted by atomic mass is 35.5. The molecule has 0 saturated carbocycles. The molecule has 2 N–H and O–H groups in total. The fraction of sp³-hybridized carbons (Fsp3) is 0.0526. The van der Waals surface area contributed by atoms with Gasteiger partial charge in [-0.3, -0.25) is 4.72 Å². The Labute approximate surface area is 176 Å². The number of rotatable bonds is 5. The molecule has 0 amide bonds. The maximum atomic E-state index is 12.6. The molecule has 0 saturated heterocycles. The van der Waals surface area contributed by atoms with Crippen molar-refractivity contribution >= 4 is 44.6 Å². The fourth-order valence-electron chi connectivity index (χ4n) is 2.24. The molecule has 148 valence electrons. The van der Waals surface area contributed by atoms with Crippen LogP contribution in [0.3, 0.4) is 0 Å². The monoisotopic (exact) mass is 448 g/mol. The number of nitrogens with zero attached hydrogens (tertiary/aromatic N) is 1. The third kappa shape index (κ3) is 5.06. The van der Waals surface area contributed by atoms with Gasteiger partial charge in [-0.05, 0) is 42.3 Å². The number of nitrogens with one attached hydrogen (secondary N) is 1. The van der Waals surface area contributed by atoms with E-state index in [-0.39, 0.29) is 22.0 Å². The smallest absolute Gasteiger partial charge is 0.335 e. The topological polar surface area (TPSA) is 106 Å². The standard InChI is InChI=1S/C19H13ClN2O5S2/c1-27-16-10-13(19(23)24)6-7-15(16)22-29(25,26)18-11-28-17(21-18)8-5-12-3-2-4-14(20)9-12/h2-4,6-7,9-11,22H,1H3,(H,23,24). The zero-order valence-electron chi connectivity index (χ0n) is 14.8. The molecule has 3 rings (SSSR count). The average Bonchev–Trinajstić information content (AvgIpc) is 3.16. The van der Waals surface area contributed by atoms with Gasteiger partial charge < -0.3 is 9.84 Å². The van der Waals surface area contributed by atoms with Crippen LogP contribution in [-0.4, -0.2) is 31.6 Å². The molecule has 0 atom stereocenters. The summed E-state index contributed by atoms with van der Waals surface area (Å²) in [7, 11) is -2.70. The maximum Gasteiger partial charge on any atom is 0.335 e. The highest BCUT2D eigenvalue weighted by molar-refractivity contribution is 7.92. The molecule has 0 aliphatic heterocycles. The first-order valence-corrected chi connectivity index (χ1v) is 10.7. The Kier molecular flexibility index (Phi) is 6.08. The summed E-state index contributed by atoms with van der Waals surface area (Å²) in [5.74, 6) is 4.60. The molecule has 0 unspecified atom stereocenters. The van der Waals surface area contributed by atoms with Crippen molar-refractivity contribution in [1.82, 2.24) is 4.98 Å². The number of thiazole rings is 1. The lowest BCUT2D eigenvalue weighted by Gasteiger charge is -2.11. The number of ether oxygens (including phenoxy) is 1. The molecule has 7 nitrogen and oxygen atoms in total. The van der Waals surface area contributed by atoms with Crippen molar-refractivity contribution in [3.63, 3.8) is 0 Å². The zero-order valence-corrected chi connectivity index (χ0v) is 17.2. The quantitative estimate of drug-likeness (QED) is 0.576. The highest BCUT2D eigenvalue weighted by Gasteiger charge is 2.20. The van der Waals surface area contributed by atoms with Crippen molar-refractivity contribution in [3.05, 3.63) is 69.0 Å². The Morgan fingerprint density at radius 1 is 1.24 bits per heavy atom. The first kappa shape index (κ1) is 20.7. The Balaban J connectivity index is 1.84. The molecule has 0 fully saturated rings. The van der Waals surface area contributed by atoms with E-state index in [1.54, 1.807) is 24.3 Å². The lowest BCUT2D eigenvalue weighted by atomic mass is 10.2. The molecule has 0 aliphatic rings. The van der Waals surface area contributed by atoms with Crippen LogP contribution in [0.15, 0.2) is 52.9 Å². The summed E-state index contributed by atoms with van der Waals surface area (Å²) in [6.07, 6.45) is 0. The molecule has 2 aromatic carbocycles. The molecule has 10 heteroatoms. The van der Waals surface area contributed by atoms with Gasteiger partial charge in [0.25, 0.3) is 10.0 Å². The summed E-state index contributed by atoms with van der Waals surface area (Å²) < 4.78 is 32.7. The van der Waals surface area contributed by atoms with Crippen molar-refractivity contribution in [2.24, 2.45) is 0 Å². The van der Waals surface area contributed by atoms with Gasteiger partial charge in [0.15, 0.2) is 10.0 Å². The predicted molar refractivity (Wildman–Crippen MR) is 110 cm³/mol. The van der Waals surface area contributed by atoms with Crippen LogP contribution < -0.4 is 9.46 Å². The maximum absolute atomic E-state index is 12.6. The minimum absolute atomic E-state index is 0.0305. The lowest BCUT2D eigenvalue weighted by Crippen LogP contribution is -2.14. The first-order chi connectivity index (χ1) is 13.8. The number of hydrogen-bond acceptors (Lipinski definition) is 6. The number of carboxylic acids is 1. The minimum atomic E-state index is -4.01. The molecular formula is C19H13ClN2O5S2. The number of carboxylic acid groups (broad SMARTS) is 1. The molecule has 0 bridgehead atoms. The fourth-order valence-corrected chi connectivity index (χ4v) is 4.44. The second-order valence-electron chi connectivity index (χ2n) is 5.58. The number of halogens is 1. The Morgan fingerprint density at radius 3 is 2.72 bits per heavy atom. The van der Waals surface area contributed by atoms with Gasteiger partial charge in [-0.25, -0.2) is 9.78 Å². The highest BCUT2D eigenvalue weighted by Crippen LogP contribution is 2.28. The van der Waals surface area contributed by atoms with Crippen LogP contribution in [0.25, 0.3) is 0 Å². The van der Waals surface area contributed by atoms with Crippen molar-refractivity contribution in [2.45, 2.75) is 5.03 Å². The van der Waals surface area contributed by atoms with E-state index in [4.69, 9.17) is 21.4 Å². The van der Waals surface area contributed by atoms with E-state index >= 15 is 0 Å². The Bertz CT molecular complexity index is 1240. The normalized spacial score (nSPS) is 10.7. The molecule has 0 aliphatic carbocycles. The summed E-state index contributed by atoms with van der Waals surface area (Å²) >= 11 is 6.99. The number of aromatic carboxylic acids is 1. The zero-order chi connectivity index (χ0) is 21.0. The number of aromatic nitrogens is 1. The van der Waals surface area contributed by atoms with Crippen LogP contribution in [0.4, 0.5) is 5.69 Å². The van der Waals surface area contributed by atoms with Gasteiger partial charge >= 0.3 is 5.97 Å². The Morgan fingerprint density at radius 2 is 2.03 bits per heavy atom. The second kappa shape index (κ2) is 8.53. The number of anilines is 1. The summed E-state index contributed by atoms with van der Waals surface area (Å²) in [6, 6.07) is 10.8. The molecule has 0 radical (unpaired) electrons. The van der Waals surface area contributed by atoms with Crippen LogP contribution in [0.1, 0.15) is 20.9 Å². The van der Waals surface area contributed by atoms with E-state index in [1.807, 2.05) is 0 Å². The first-order valence-electron chi connectivity index (χ1n) is 7.96. The van der Waals surface area contributed by atoms with Gasteiger partial charge in [-0.2, -0.15) is 8.42 Å². The summed E-state index contributed by atoms with van der Waals surface area (Å²) in [5, 5.41) is 11.1. The largest absolute Gasteiger partial charge is 0.495 e. The van der Waals surface area contributed by atoms with Crippen molar-refractivity contribution < 1.29 is 23.1 Å². The number of sulfonamides is 1. The number of hydrogen-bond donors (Lipinski definition) is 2. The number of benzene rings is 2. The van der Waals surface area contributed by atoms with Crippen molar-refractivity contribution in [2.75, 3.05) is 11.8 Å². The van der Waals surface area contributed by atoms with E-state index in [2.05, 4.69) is 21.5 Å². The van der Waals surface area contributed by atoms with Gasteiger partial charge in [0.1, 0.15) is 5.75 Å². The van der Waals surface area contributed by atoms with E-state index in [1.165, 1.54) is 30.7 Å². The van der Waals surface area contributed by atoms with Crippen LogP contribution in [-0.2, 0) is 10.0 Å². The Hall–Kier alpha value is -3.06. The third-order valence-corrected chi connectivity index (χ3v) is 5.98. The average molecular weight is 449 g/mol. The summed E-state index contributed by atoms with van der Waals surface area (Å²) in [4.78, 5) is 15.1. The van der Waals surface area contributed by atoms with E-state index in [9.17, 15) is 13.2 Å². The summed E-state index contributed by atoms with van der Waals surface area (Å²) in [5.41, 5.74) is 0.743. The van der Waals surface area contributed by atoms with Crippen LogP contribution in [0.2, 0.25) is 5.02 Å². The van der Waals surface area contributed by atoms with Gasteiger partial charge in [0.2, 0.25) is 0 Å². The number of methoxy groups -OCH3 is 1.